The standard InChI is InChI=1S/C14H15ClN2O6/c1-22-9-5-7(4-8(15)11(9)23-6-10(16)18)12(19)17-14(2-3-14)13(20)21/h4-5H,2-3,6H2,1H3,(H2,16,18)(H,17,19)(H,20,21). The van der Waals surface area contributed by atoms with Crippen LogP contribution in [0, 0.1) is 0 Å². The van der Waals surface area contributed by atoms with E-state index in [-0.39, 0.29) is 22.1 Å². The van der Waals surface area contributed by atoms with Crippen molar-refractivity contribution in [3.05, 3.63) is 22.7 Å². The molecule has 0 aliphatic heterocycles. The molecule has 9 heteroatoms. The SMILES string of the molecule is COc1cc(C(=O)NC2(C(=O)O)CC2)cc(Cl)c1OCC(N)=O. The van der Waals surface area contributed by atoms with Gasteiger partial charge in [0.25, 0.3) is 11.8 Å². The van der Waals surface area contributed by atoms with Gasteiger partial charge in [0.1, 0.15) is 5.54 Å². The molecule has 23 heavy (non-hydrogen) atoms. The van der Waals surface area contributed by atoms with Crippen molar-refractivity contribution >= 4 is 29.4 Å². The Hall–Kier alpha value is -2.48. The van der Waals surface area contributed by atoms with Crippen LogP contribution in [0.25, 0.3) is 0 Å². The Morgan fingerprint density at radius 2 is 2.04 bits per heavy atom. The van der Waals surface area contributed by atoms with Crippen LogP contribution in [0.15, 0.2) is 12.1 Å². The van der Waals surface area contributed by atoms with Gasteiger partial charge in [-0.05, 0) is 25.0 Å². The van der Waals surface area contributed by atoms with E-state index in [2.05, 4.69) is 5.32 Å². The zero-order valence-corrected chi connectivity index (χ0v) is 13.0. The maximum Gasteiger partial charge on any atom is 0.329 e. The Kier molecular flexibility index (Phi) is 4.65. The van der Waals surface area contributed by atoms with Crippen LogP contribution < -0.4 is 20.5 Å². The van der Waals surface area contributed by atoms with E-state index in [1.165, 1.54) is 19.2 Å². The molecule has 1 aromatic rings. The van der Waals surface area contributed by atoms with Crippen LogP contribution in [0.5, 0.6) is 11.5 Å². The van der Waals surface area contributed by atoms with E-state index in [9.17, 15) is 14.4 Å². The number of carbonyl (C=O) groups excluding carboxylic acids is 2. The van der Waals surface area contributed by atoms with Gasteiger partial charge in [0, 0.05) is 5.56 Å². The highest BCUT2D eigenvalue weighted by atomic mass is 35.5. The first-order chi connectivity index (χ1) is 10.8. The third-order valence-corrected chi connectivity index (χ3v) is 3.64. The highest BCUT2D eigenvalue weighted by Gasteiger charge is 2.51. The summed E-state index contributed by atoms with van der Waals surface area (Å²) < 4.78 is 10.2. The third-order valence-electron chi connectivity index (χ3n) is 3.36. The Bertz CT molecular complexity index is 671. The summed E-state index contributed by atoms with van der Waals surface area (Å²) in [5, 5.41) is 11.6. The summed E-state index contributed by atoms with van der Waals surface area (Å²) >= 11 is 6.04. The second-order valence-electron chi connectivity index (χ2n) is 5.09. The number of aliphatic carboxylic acids is 1. The Morgan fingerprint density at radius 1 is 1.39 bits per heavy atom. The van der Waals surface area contributed by atoms with Crippen LogP contribution in [0.4, 0.5) is 0 Å². The molecule has 2 rings (SSSR count). The van der Waals surface area contributed by atoms with E-state index in [1.54, 1.807) is 0 Å². The van der Waals surface area contributed by atoms with E-state index >= 15 is 0 Å². The fraction of sp³-hybridized carbons (Fsp3) is 0.357. The number of rotatable bonds is 7. The van der Waals surface area contributed by atoms with Gasteiger partial charge in [0.2, 0.25) is 0 Å². The van der Waals surface area contributed by atoms with Crippen LogP contribution in [-0.2, 0) is 9.59 Å². The molecule has 0 spiro atoms. The molecule has 1 aliphatic carbocycles. The molecule has 124 valence electrons. The second kappa shape index (κ2) is 6.33. The van der Waals surface area contributed by atoms with Crippen LogP contribution in [0.1, 0.15) is 23.2 Å². The summed E-state index contributed by atoms with van der Waals surface area (Å²) in [5.74, 6) is -2.16. The Balaban J connectivity index is 2.23. The van der Waals surface area contributed by atoms with Crippen LogP contribution in [0.3, 0.4) is 0 Å². The van der Waals surface area contributed by atoms with Crippen molar-refractivity contribution in [1.82, 2.24) is 5.32 Å². The van der Waals surface area contributed by atoms with Crippen LogP contribution in [-0.4, -0.2) is 42.1 Å². The fourth-order valence-corrected chi connectivity index (χ4v) is 2.21. The van der Waals surface area contributed by atoms with Gasteiger partial charge in [-0.1, -0.05) is 11.6 Å². The van der Waals surface area contributed by atoms with Gasteiger partial charge in [-0.2, -0.15) is 0 Å². The maximum absolute atomic E-state index is 12.2. The number of primary amides is 1. The molecular weight excluding hydrogens is 328 g/mol. The molecular formula is C14H15ClN2O6. The first kappa shape index (κ1) is 16.9. The number of hydrogen-bond donors (Lipinski definition) is 3. The van der Waals surface area contributed by atoms with Crippen LogP contribution >= 0.6 is 11.6 Å². The van der Waals surface area contributed by atoms with Crippen molar-refractivity contribution in [2.24, 2.45) is 5.73 Å². The van der Waals surface area contributed by atoms with E-state index in [0.717, 1.165) is 0 Å². The summed E-state index contributed by atoms with van der Waals surface area (Å²) in [4.78, 5) is 34.1. The lowest BCUT2D eigenvalue weighted by Gasteiger charge is -2.15. The number of nitrogens with one attached hydrogen (secondary N) is 1. The molecule has 1 fully saturated rings. The molecule has 2 amide bonds. The third kappa shape index (κ3) is 3.65. The zero-order chi connectivity index (χ0) is 17.2. The van der Waals surface area contributed by atoms with E-state index in [1.807, 2.05) is 0 Å². The number of methoxy groups -OCH3 is 1. The number of nitrogens with two attached hydrogens (primary N) is 1. The smallest absolute Gasteiger partial charge is 0.329 e. The first-order valence-corrected chi connectivity index (χ1v) is 7.01. The predicted octanol–water partition coefficient (Wildman–Crippen LogP) is 0.560. The number of carboxylic acid groups (broad SMARTS) is 1. The highest BCUT2D eigenvalue weighted by molar-refractivity contribution is 6.32. The van der Waals surface area contributed by atoms with Gasteiger partial charge in [-0.3, -0.25) is 9.59 Å². The van der Waals surface area contributed by atoms with Gasteiger partial charge in [-0.15, -0.1) is 0 Å². The number of carbonyl (C=O) groups is 3. The Morgan fingerprint density at radius 3 is 2.52 bits per heavy atom. The van der Waals surface area contributed by atoms with Gasteiger partial charge in [-0.25, -0.2) is 4.79 Å². The molecule has 0 saturated heterocycles. The van der Waals surface area contributed by atoms with Crippen molar-refractivity contribution in [3.8, 4) is 11.5 Å². The average molecular weight is 343 g/mol. The van der Waals surface area contributed by atoms with E-state index < -0.39 is 29.9 Å². The molecule has 0 heterocycles. The van der Waals surface area contributed by atoms with Crippen molar-refractivity contribution in [2.45, 2.75) is 18.4 Å². The normalized spacial score (nSPS) is 14.7. The van der Waals surface area contributed by atoms with Gasteiger partial charge >= 0.3 is 5.97 Å². The lowest BCUT2D eigenvalue weighted by molar-refractivity contribution is -0.140. The monoisotopic (exact) mass is 342 g/mol. The van der Waals surface area contributed by atoms with Gasteiger partial charge in [0.05, 0.1) is 12.1 Å². The molecule has 1 saturated carbocycles. The zero-order valence-electron chi connectivity index (χ0n) is 12.2. The minimum atomic E-state index is -1.21. The summed E-state index contributed by atoms with van der Waals surface area (Å²) in [7, 11) is 1.34. The van der Waals surface area contributed by atoms with Gasteiger partial charge < -0.3 is 25.6 Å². The molecule has 0 aromatic heterocycles. The summed E-state index contributed by atoms with van der Waals surface area (Å²) in [6, 6.07) is 2.64. The number of hydrogen-bond acceptors (Lipinski definition) is 5. The molecule has 0 unspecified atom stereocenters. The number of halogens is 1. The predicted molar refractivity (Wildman–Crippen MR) is 79.8 cm³/mol. The second-order valence-corrected chi connectivity index (χ2v) is 5.49. The molecule has 1 aliphatic rings. The van der Waals surface area contributed by atoms with Crippen molar-refractivity contribution < 1.29 is 29.0 Å². The molecule has 0 bridgehead atoms. The number of amides is 2. The molecule has 0 radical (unpaired) electrons. The quantitative estimate of drug-likeness (QED) is 0.664. The summed E-state index contributed by atoms with van der Waals surface area (Å²) in [5.41, 5.74) is 3.90. The highest BCUT2D eigenvalue weighted by Crippen LogP contribution is 2.38. The summed E-state index contributed by atoms with van der Waals surface area (Å²) in [6.07, 6.45) is 0.748. The fourth-order valence-electron chi connectivity index (χ4n) is 1.94. The molecule has 8 nitrogen and oxygen atoms in total. The minimum absolute atomic E-state index is 0.0379. The molecule has 0 atom stereocenters. The first-order valence-electron chi connectivity index (χ1n) is 6.63. The minimum Gasteiger partial charge on any atom is -0.493 e. The van der Waals surface area contributed by atoms with Crippen LogP contribution in [0.2, 0.25) is 5.02 Å². The van der Waals surface area contributed by atoms with E-state index in [0.29, 0.717) is 12.8 Å². The molecule has 1 aromatic carbocycles. The average Bonchev–Trinajstić information content (AvgIpc) is 3.25. The molecule has 4 N–H and O–H groups in total. The maximum atomic E-state index is 12.2. The number of benzene rings is 1. The lowest BCUT2D eigenvalue weighted by Crippen LogP contribution is -2.43. The topological polar surface area (TPSA) is 128 Å². The lowest BCUT2D eigenvalue weighted by atomic mass is 10.1. The summed E-state index contributed by atoms with van der Waals surface area (Å²) in [6.45, 7) is -0.399. The van der Waals surface area contributed by atoms with Crippen molar-refractivity contribution in [1.29, 1.82) is 0 Å². The van der Waals surface area contributed by atoms with E-state index in [4.69, 9.17) is 31.9 Å². The number of ether oxygens (including phenoxy) is 2. The van der Waals surface area contributed by atoms with Crippen molar-refractivity contribution in [2.75, 3.05) is 13.7 Å². The Labute approximate surface area is 136 Å². The largest absolute Gasteiger partial charge is 0.493 e. The van der Waals surface area contributed by atoms with Gasteiger partial charge in [0.15, 0.2) is 18.1 Å². The number of carboxylic acids is 1. The van der Waals surface area contributed by atoms with Crippen molar-refractivity contribution in [3.63, 3.8) is 0 Å².